The molecule has 1 saturated carbocycles. The van der Waals surface area contributed by atoms with Crippen LogP contribution in [0.25, 0.3) is 0 Å². The molecule has 0 radical (unpaired) electrons. The Morgan fingerprint density at radius 1 is 1.64 bits per heavy atom. The molecule has 0 heterocycles. The zero-order chi connectivity index (χ0) is 10.4. The Morgan fingerprint density at radius 3 is 3.00 bits per heavy atom. The number of nitriles is 1. The number of nitrogens with zero attached hydrogens (tertiary/aromatic N) is 1. The lowest BCUT2D eigenvalue weighted by Crippen LogP contribution is -2.51. The predicted octanol–water partition coefficient (Wildman–Crippen LogP) is 2.62. The number of nitrogens with one attached hydrogen (secondary N) is 1. The van der Waals surface area contributed by atoms with Crippen LogP contribution in [0.2, 0.25) is 0 Å². The Labute approximate surface area is 87.0 Å². The second kappa shape index (κ2) is 5.17. The van der Waals surface area contributed by atoms with E-state index in [4.69, 9.17) is 0 Å². The summed E-state index contributed by atoms with van der Waals surface area (Å²) in [4.78, 5) is 0. The molecule has 14 heavy (non-hydrogen) atoms. The lowest BCUT2D eigenvalue weighted by Gasteiger charge is -2.39. The molecule has 1 fully saturated rings. The minimum Gasteiger partial charge on any atom is -0.296 e. The normalized spacial score (nSPS) is 32.1. The highest BCUT2D eigenvalue weighted by molar-refractivity contribution is 5.12. The summed E-state index contributed by atoms with van der Waals surface area (Å²) in [6.45, 7) is 6.61. The molecule has 0 aliphatic heterocycles. The van der Waals surface area contributed by atoms with Gasteiger partial charge in [0.05, 0.1) is 6.07 Å². The molecule has 0 aromatic carbocycles. The van der Waals surface area contributed by atoms with E-state index in [1.807, 2.05) is 6.08 Å². The number of rotatable bonds is 4. The van der Waals surface area contributed by atoms with E-state index in [-0.39, 0.29) is 5.54 Å². The van der Waals surface area contributed by atoms with Crippen molar-refractivity contribution in [2.45, 2.75) is 44.6 Å². The molecule has 1 aliphatic carbocycles. The van der Waals surface area contributed by atoms with Crippen LogP contribution in [0.1, 0.15) is 39.0 Å². The molecule has 2 unspecified atom stereocenters. The molecule has 1 aliphatic rings. The van der Waals surface area contributed by atoms with Crippen molar-refractivity contribution in [3.8, 4) is 6.07 Å². The van der Waals surface area contributed by atoms with Crippen LogP contribution in [0, 0.1) is 17.2 Å². The lowest BCUT2D eigenvalue weighted by molar-refractivity contribution is 0.197. The van der Waals surface area contributed by atoms with E-state index in [1.165, 1.54) is 19.3 Å². The zero-order valence-electron chi connectivity index (χ0n) is 9.05. The summed E-state index contributed by atoms with van der Waals surface area (Å²) in [7, 11) is 0. The molecule has 0 aromatic heterocycles. The van der Waals surface area contributed by atoms with Crippen LogP contribution in [-0.4, -0.2) is 12.1 Å². The molecule has 0 spiro atoms. The van der Waals surface area contributed by atoms with Crippen LogP contribution >= 0.6 is 0 Å². The molecular formula is C12H20N2. The maximum absolute atomic E-state index is 9.32. The quantitative estimate of drug-likeness (QED) is 0.695. The average molecular weight is 192 g/mol. The third-order valence-electron chi connectivity index (χ3n) is 3.32. The van der Waals surface area contributed by atoms with E-state index in [9.17, 15) is 5.26 Å². The van der Waals surface area contributed by atoms with Crippen molar-refractivity contribution in [1.82, 2.24) is 5.32 Å². The van der Waals surface area contributed by atoms with Crippen molar-refractivity contribution in [2.75, 3.05) is 6.54 Å². The van der Waals surface area contributed by atoms with Crippen LogP contribution in [0.5, 0.6) is 0 Å². The maximum Gasteiger partial charge on any atom is 0.109 e. The Kier molecular flexibility index (Phi) is 4.16. The summed E-state index contributed by atoms with van der Waals surface area (Å²) in [5.41, 5.74) is -0.277. The molecule has 78 valence electrons. The van der Waals surface area contributed by atoms with Crippen molar-refractivity contribution in [3.05, 3.63) is 12.7 Å². The summed E-state index contributed by atoms with van der Waals surface area (Å²) in [5, 5.41) is 12.7. The first-order chi connectivity index (χ1) is 6.79. The first-order valence-corrected chi connectivity index (χ1v) is 5.56. The highest BCUT2D eigenvalue weighted by Crippen LogP contribution is 2.35. The highest BCUT2D eigenvalue weighted by atomic mass is 15.0. The average Bonchev–Trinajstić information content (AvgIpc) is 2.26. The Balaban J connectivity index is 2.71. The van der Waals surface area contributed by atoms with E-state index in [0.29, 0.717) is 5.92 Å². The fourth-order valence-electron chi connectivity index (χ4n) is 2.47. The zero-order valence-corrected chi connectivity index (χ0v) is 9.05. The summed E-state index contributed by atoms with van der Waals surface area (Å²) in [5.74, 6) is 0.515. The summed E-state index contributed by atoms with van der Waals surface area (Å²) in [6, 6.07) is 2.49. The van der Waals surface area contributed by atoms with Gasteiger partial charge in [-0.15, -0.1) is 6.58 Å². The molecule has 2 atom stereocenters. The Hall–Kier alpha value is -0.810. The van der Waals surface area contributed by atoms with Gasteiger partial charge in [-0.2, -0.15) is 5.26 Å². The molecule has 0 bridgehead atoms. The van der Waals surface area contributed by atoms with Gasteiger partial charge in [-0.25, -0.2) is 0 Å². The summed E-state index contributed by atoms with van der Waals surface area (Å²) in [6.07, 6.45) is 7.56. The van der Waals surface area contributed by atoms with Gasteiger partial charge in [-0.05, 0) is 18.8 Å². The Bertz CT molecular complexity index is 229. The molecule has 0 amide bonds. The summed E-state index contributed by atoms with van der Waals surface area (Å²) < 4.78 is 0. The van der Waals surface area contributed by atoms with Crippen molar-refractivity contribution in [3.63, 3.8) is 0 Å². The van der Waals surface area contributed by atoms with Gasteiger partial charge in [0.25, 0.3) is 0 Å². The van der Waals surface area contributed by atoms with Gasteiger partial charge >= 0.3 is 0 Å². The van der Waals surface area contributed by atoms with Gasteiger partial charge in [0, 0.05) is 6.54 Å². The van der Waals surface area contributed by atoms with E-state index < -0.39 is 0 Å². The monoisotopic (exact) mass is 192 g/mol. The fourth-order valence-corrected chi connectivity index (χ4v) is 2.47. The molecule has 0 aromatic rings. The molecule has 2 heteroatoms. The smallest absolute Gasteiger partial charge is 0.109 e. The topological polar surface area (TPSA) is 35.8 Å². The first kappa shape index (κ1) is 11.3. The molecular weight excluding hydrogens is 172 g/mol. The third kappa shape index (κ3) is 2.16. The second-order valence-corrected chi connectivity index (χ2v) is 4.10. The lowest BCUT2D eigenvalue weighted by atomic mass is 9.72. The molecule has 0 saturated heterocycles. The largest absolute Gasteiger partial charge is 0.296 e. The molecule has 1 N–H and O–H groups in total. The van der Waals surface area contributed by atoms with Crippen molar-refractivity contribution in [2.24, 2.45) is 5.92 Å². The summed E-state index contributed by atoms with van der Waals surface area (Å²) >= 11 is 0. The van der Waals surface area contributed by atoms with Gasteiger partial charge in [0.15, 0.2) is 0 Å². The molecule has 2 nitrogen and oxygen atoms in total. The Morgan fingerprint density at radius 2 is 2.43 bits per heavy atom. The van der Waals surface area contributed by atoms with Gasteiger partial charge in [-0.3, -0.25) is 5.32 Å². The predicted molar refractivity (Wildman–Crippen MR) is 58.8 cm³/mol. The van der Waals surface area contributed by atoms with E-state index >= 15 is 0 Å². The maximum atomic E-state index is 9.32. The minimum absolute atomic E-state index is 0.277. The van der Waals surface area contributed by atoms with Gasteiger partial charge in [-0.1, -0.05) is 32.3 Å². The number of hydrogen-bond acceptors (Lipinski definition) is 2. The van der Waals surface area contributed by atoms with E-state index in [2.05, 4.69) is 24.9 Å². The molecule has 1 rings (SSSR count). The second-order valence-electron chi connectivity index (χ2n) is 4.10. The van der Waals surface area contributed by atoms with Crippen molar-refractivity contribution in [1.29, 1.82) is 5.26 Å². The third-order valence-corrected chi connectivity index (χ3v) is 3.32. The number of hydrogen-bond donors (Lipinski definition) is 1. The first-order valence-electron chi connectivity index (χ1n) is 5.56. The van der Waals surface area contributed by atoms with Crippen LogP contribution in [0.15, 0.2) is 12.7 Å². The van der Waals surface area contributed by atoms with Crippen molar-refractivity contribution < 1.29 is 0 Å². The van der Waals surface area contributed by atoms with Gasteiger partial charge in [0.1, 0.15) is 5.54 Å². The van der Waals surface area contributed by atoms with E-state index in [1.54, 1.807) is 0 Å². The fraction of sp³-hybridized carbons (Fsp3) is 0.750. The minimum atomic E-state index is -0.277. The highest BCUT2D eigenvalue weighted by Gasteiger charge is 2.39. The SMILES string of the molecule is C=CCNC1(C#N)CCCCC1CC. The van der Waals surface area contributed by atoms with Crippen molar-refractivity contribution >= 4 is 0 Å². The van der Waals surface area contributed by atoms with Gasteiger partial charge < -0.3 is 0 Å². The van der Waals surface area contributed by atoms with Crippen LogP contribution in [-0.2, 0) is 0 Å². The van der Waals surface area contributed by atoms with E-state index in [0.717, 1.165) is 19.4 Å². The van der Waals surface area contributed by atoms with Crippen LogP contribution < -0.4 is 5.32 Å². The van der Waals surface area contributed by atoms with Crippen LogP contribution in [0.4, 0.5) is 0 Å². The van der Waals surface area contributed by atoms with Crippen LogP contribution in [0.3, 0.4) is 0 Å². The standard InChI is InChI=1S/C12H20N2/c1-3-9-14-12(10-13)8-6-5-7-11(12)4-2/h3,11,14H,1,4-9H2,2H3. The van der Waals surface area contributed by atoms with Gasteiger partial charge in [0.2, 0.25) is 0 Å².